The van der Waals surface area contributed by atoms with Gasteiger partial charge in [0.1, 0.15) is 0 Å². The first-order valence-electron chi connectivity index (χ1n) is 7.80. The summed E-state index contributed by atoms with van der Waals surface area (Å²) in [5.41, 5.74) is 2.45. The molecule has 21 heavy (non-hydrogen) atoms. The van der Waals surface area contributed by atoms with Gasteiger partial charge in [-0.1, -0.05) is 36.6 Å². The van der Waals surface area contributed by atoms with Crippen LogP contribution in [0.1, 0.15) is 43.0 Å². The Bertz CT molecular complexity index is 556. The van der Waals surface area contributed by atoms with Crippen molar-refractivity contribution in [1.82, 2.24) is 15.1 Å². The molecule has 3 nitrogen and oxygen atoms in total. The SMILES string of the molecule is Clc1ccc(CCNCc2ccn(C3CCCC3)n2)cc1. The molecule has 0 radical (unpaired) electrons. The van der Waals surface area contributed by atoms with Crippen molar-refractivity contribution < 1.29 is 0 Å². The van der Waals surface area contributed by atoms with Crippen LogP contribution >= 0.6 is 11.6 Å². The summed E-state index contributed by atoms with van der Waals surface area (Å²) in [7, 11) is 0. The topological polar surface area (TPSA) is 29.9 Å². The Morgan fingerprint density at radius 2 is 1.90 bits per heavy atom. The zero-order valence-corrected chi connectivity index (χ0v) is 13.0. The summed E-state index contributed by atoms with van der Waals surface area (Å²) < 4.78 is 2.16. The predicted molar refractivity (Wildman–Crippen MR) is 86.6 cm³/mol. The molecular weight excluding hydrogens is 282 g/mol. The minimum Gasteiger partial charge on any atom is -0.311 e. The molecule has 1 aliphatic rings. The Balaban J connectivity index is 1.42. The molecule has 3 rings (SSSR count). The highest BCUT2D eigenvalue weighted by Gasteiger charge is 2.17. The second kappa shape index (κ2) is 7.10. The van der Waals surface area contributed by atoms with Gasteiger partial charge in [0.05, 0.1) is 11.7 Å². The highest BCUT2D eigenvalue weighted by molar-refractivity contribution is 6.30. The molecule has 4 heteroatoms. The molecule has 1 saturated carbocycles. The van der Waals surface area contributed by atoms with Crippen molar-refractivity contribution in [2.24, 2.45) is 0 Å². The van der Waals surface area contributed by atoms with Crippen LogP contribution in [-0.4, -0.2) is 16.3 Å². The summed E-state index contributed by atoms with van der Waals surface area (Å²) in [4.78, 5) is 0. The quantitative estimate of drug-likeness (QED) is 0.818. The van der Waals surface area contributed by atoms with E-state index < -0.39 is 0 Å². The highest BCUT2D eigenvalue weighted by atomic mass is 35.5. The monoisotopic (exact) mass is 303 g/mol. The number of hydrogen-bond acceptors (Lipinski definition) is 2. The molecule has 1 fully saturated rings. The molecule has 0 saturated heterocycles. The number of hydrogen-bond donors (Lipinski definition) is 1. The van der Waals surface area contributed by atoms with Crippen molar-refractivity contribution in [2.45, 2.75) is 44.7 Å². The molecule has 0 unspecified atom stereocenters. The lowest BCUT2D eigenvalue weighted by molar-refractivity contribution is 0.461. The normalized spacial score (nSPS) is 15.7. The van der Waals surface area contributed by atoms with E-state index in [1.54, 1.807) is 0 Å². The first kappa shape index (κ1) is 14.6. The van der Waals surface area contributed by atoms with Gasteiger partial charge in [-0.15, -0.1) is 0 Å². The van der Waals surface area contributed by atoms with Crippen LogP contribution in [0.2, 0.25) is 5.02 Å². The van der Waals surface area contributed by atoms with Crippen molar-refractivity contribution in [3.05, 3.63) is 52.8 Å². The van der Waals surface area contributed by atoms with Crippen LogP contribution in [0.15, 0.2) is 36.5 Å². The van der Waals surface area contributed by atoms with E-state index in [4.69, 9.17) is 11.6 Å². The summed E-state index contributed by atoms with van der Waals surface area (Å²) in [5.74, 6) is 0. The molecule has 0 aliphatic heterocycles. The van der Waals surface area contributed by atoms with Crippen LogP contribution < -0.4 is 5.32 Å². The van der Waals surface area contributed by atoms with Crippen molar-refractivity contribution in [1.29, 1.82) is 0 Å². The van der Waals surface area contributed by atoms with Gasteiger partial charge in [0.15, 0.2) is 0 Å². The molecule has 2 aromatic rings. The lowest BCUT2D eigenvalue weighted by atomic mass is 10.1. The Morgan fingerprint density at radius 1 is 1.14 bits per heavy atom. The van der Waals surface area contributed by atoms with Gasteiger partial charge >= 0.3 is 0 Å². The first-order valence-corrected chi connectivity index (χ1v) is 8.18. The highest BCUT2D eigenvalue weighted by Crippen LogP contribution is 2.28. The Kier molecular flexibility index (Phi) is 4.94. The third-order valence-electron chi connectivity index (χ3n) is 4.17. The van der Waals surface area contributed by atoms with E-state index in [1.165, 1.54) is 31.2 Å². The molecule has 112 valence electrons. The van der Waals surface area contributed by atoms with E-state index in [-0.39, 0.29) is 0 Å². The van der Waals surface area contributed by atoms with E-state index in [0.29, 0.717) is 6.04 Å². The lowest BCUT2D eigenvalue weighted by Gasteiger charge is -2.09. The van der Waals surface area contributed by atoms with E-state index in [2.05, 4.69) is 39.5 Å². The maximum atomic E-state index is 5.88. The zero-order chi connectivity index (χ0) is 14.5. The fraction of sp³-hybridized carbons (Fsp3) is 0.471. The van der Waals surface area contributed by atoms with Gasteiger partial charge in [0.2, 0.25) is 0 Å². The molecule has 0 atom stereocenters. The molecule has 1 heterocycles. The van der Waals surface area contributed by atoms with Crippen LogP contribution in [0.3, 0.4) is 0 Å². The third kappa shape index (κ3) is 4.08. The maximum absolute atomic E-state index is 5.88. The minimum atomic E-state index is 0.632. The largest absolute Gasteiger partial charge is 0.311 e. The van der Waals surface area contributed by atoms with E-state index in [9.17, 15) is 0 Å². The summed E-state index contributed by atoms with van der Waals surface area (Å²) in [6, 6.07) is 10.8. The van der Waals surface area contributed by atoms with Crippen LogP contribution in [0.4, 0.5) is 0 Å². The van der Waals surface area contributed by atoms with Gasteiger partial charge in [-0.25, -0.2) is 0 Å². The number of rotatable bonds is 6. The lowest BCUT2D eigenvalue weighted by Crippen LogP contribution is -2.17. The molecule has 1 N–H and O–H groups in total. The summed E-state index contributed by atoms with van der Waals surface area (Å²) in [6.45, 7) is 1.80. The van der Waals surface area contributed by atoms with Gasteiger partial charge in [0.25, 0.3) is 0 Å². The van der Waals surface area contributed by atoms with E-state index in [0.717, 1.165) is 30.2 Å². The molecule has 1 aromatic heterocycles. The number of aromatic nitrogens is 2. The van der Waals surface area contributed by atoms with Crippen LogP contribution in [-0.2, 0) is 13.0 Å². The smallest absolute Gasteiger partial charge is 0.0762 e. The van der Waals surface area contributed by atoms with Crippen LogP contribution in [0.25, 0.3) is 0 Å². The Morgan fingerprint density at radius 3 is 2.67 bits per heavy atom. The fourth-order valence-corrected chi connectivity index (χ4v) is 3.07. The summed E-state index contributed by atoms with van der Waals surface area (Å²) >= 11 is 5.88. The van der Waals surface area contributed by atoms with Crippen LogP contribution in [0, 0.1) is 0 Å². The molecule has 0 spiro atoms. The maximum Gasteiger partial charge on any atom is 0.0762 e. The zero-order valence-electron chi connectivity index (χ0n) is 12.3. The van der Waals surface area contributed by atoms with Crippen molar-refractivity contribution in [3.8, 4) is 0 Å². The standard InChI is InChI=1S/C17H22ClN3/c18-15-7-5-14(6-8-15)9-11-19-13-16-10-12-21(20-16)17-3-1-2-4-17/h5-8,10,12,17,19H,1-4,9,11,13H2. The van der Waals surface area contributed by atoms with E-state index >= 15 is 0 Å². The summed E-state index contributed by atoms with van der Waals surface area (Å²) in [5, 5.41) is 8.94. The van der Waals surface area contributed by atoms with Crippen LogP contribution in [0.5, 0.6) is 0 Å². The second-order valence-corrected chi connectivity index (χ2v) is 6.22. The van der Waals surface area contributed by atoms with Gasteiger partial charge in [-0.2, -0.15) is 5.10 Å². The number of nitrogens with one attached hydrogen (secondary N) is 1. The molecular formula is C17H22ClN3. The first-order chi connectivity index (χ1) is 10.3. The van der Waals surface area contributed by atoms with E-state index in [1.807, 2.05) is 12.1 Å². The molecule has 1 aromatic carbocycles. The Labute approximate surface area is 131 Å². The second-order valence-electron chi connectivity index (χ2n) is 5.78. The van der Waals surface area contributed by atoms with Gasteiger partial charge in [-0.05, 0) is 49.6 Å². The van der Waals surface area contributed by atoms with Crippen molar-refractivity contribution in [3.63, 3.8) is 0 Å². The number of halogens is 1. The number of benzene rings is 1. The predicted octanol–water partition coefficient (Wildman–Crippen LogP) is 3.98. The van der Waals surface area contributed by atoms with Crippen molar-refractivity contribution >= 4 is 11.6 Å². The van der Waals surface area contributed by atoms with Gasteiger partial charge in [-0.3, -0.25) is 4.68 Å². The average molecular weight is 304 g/mol. The molecule has 0 amide bonds. The molecule has 1 aliphatic carbocycles. The molecule has 0 bridgehead atoms. The average Bonchev–Trinajstić information content (AvgIpc) is 3.16. The minimum absolute atomic E-state index is 0.632. The summed E-state index contributed by atoms with van der Waals surface area (Å²) in [6.07, 6.45) is 8.40. The Hall–Kier alpha value is -1.32. The fourth-order valence-electron chi connectivity index (χ4n) is 2.94. The number of nitrogens with zero attached hydrogens (tertiary/aromatic N) is 2. The third-order valence-corrected chi connectivity index (χ3v) is 4.42. The van der Waals surface area contributed by atoms with Gasteiger partial charge in [0, 0.05) is 17.8 Å². The van der Waals surface area contributed by atoms with Gasteiger partial charge < -0.3 is 5.32 Å². The van der Waals surface area contributed by atoms with Crippen molar-refractivity contribution in [2.75, 3.05) is 6.54 Å².